The maximum atomic E-state index is 13.6. The number of nitrogens with one attached hydrogen (secondary N) is 2. The SMILES string of the molecule is Cc1ccc(S(=O)(=O)N2CCCO[C@H]2CNC(=O)C(=O)NCc2ccccc2F)cc1. The average molecular weight is 450 g/mol. The van der Waals surface area contributed by atoms with Gasteiger partial charge in [0.15, 0.2) is 0 Å². The van der Waals surface area contributed by atoms with Crippen molar-refractivity contribution in [3.8, 4) is 0 Å². The number of carbonyl (C=O) groups excluding carboxylic acids is 2. The zero-order chi connectivity index (χ0) is 22.4. The first-order valence-electron chi connectivity index (χ1n) is 9.78. The molecule has 2 N–H and O–H groups in total. The third kappa shape index (κ3) is 5.66. The van der Waals surface area contributed by atoms with Crippen LogP contribution in [0.25, 0.3) is 0 Å². The lowest BCUT2D eigenvalue weighted by Gasteiger charge is -2.34. The van der Waals surface area contributed by atoms with Gasteiger partial charge in [-0.05, 0) is 31.5 Å². The number of nitrogens with zero attached hydrogens (tertiary/aromatic N) is 1. The van der Waals surface area contributed by atoms with E-state index in [0.29, 0.717) is 13.0 Å². The van der Waals surface area contributed by atoms with Crippen LogP contribution < -0.4 is 10.6 Å². The quantitative estimate of drug-likeness (QED) is 0.647. The third-order valence-electron chi connectivity index (χ3n) is 4.82. The predicted molar refractivity (Wildman–Crippen MR) is 111 cm³/mol. The fourth-order valence-corrected chi connectivity index (χ4v) is 4.67. The zero-order valence-corrected chi connectivity index (χ0v) is 17.8. The van der Waals surface area contributed by atoms with Crippen LogP contribution in [0.15, 0.2) is 53.4 Å². The minimum Gasteiger partial charge on any atom is -0.360 e. The Morgan fingerprint density at radius 3 is 2.48 bits per heavy atom. The molecule has 2 amide bonds. The largest absolute Gasteiger partial charge is 0.360 e. The Kier molecular flexibility index (Phi) is 7.37. The monoisotopic (exact) mass is 449 g/mol. The Hall–Kier alpha value is -2.82. The normalized spacial score (nSPS) is 17.2. The molecule has 10 heteroatoms. The number of ether oxygens (including phenoxy) is 1. The van der Waals surface area contributed by atoms with Crippen molar-refractivity contribution < 1.29 is 27.1 Å². The Morgan fingerprint density at radius 1 is 1.10 bits per heavy atom. The van der Waals surface area contributed by atoms with Crippen LogP contribution in [0.3, 0.4) is 0 Å². The van der Waals surface area contributed by atoms with Gasteiger partial charge in [-0.1, -0.05) is 35.9 Å². The maximum absolute atomic E-state index is 13.6. The lowest BCUT2D eigenvalue weighted by molar-refractivity contribution is -0.140. The van der Waals surface area contributed by atoms with Crippen LogP contribution in [0.5, 0.6) is 0 Å². The van der Waals surface area contributed by atoms with E-state index < -0.39 is 33.9 Å². The van der Waals surface area contributed by atoms with E-state index in [0.717, 1.165) is 5.56 Å². The highest BCUT2D eigenvalue weighted by atomic mass is 32.2. The van der Waals surface area contributed by atoms with Crippen LogP contribution in [-0.2, 0) is 30.9 Å². The molecule has 0 aliphatic carbocycles. The van der Waals surface area contributed by atoms with Crippen LogP contribution in [0, 0.1) is 12.7 Å². The van der Waals surface area contributed by atoms with E-state index in [1.807, 2.05) is 6.92 Å². The number of aryl methyl sites for hydroxylation is 1. The molecule has 1 heterocycles. The first kappa shape index (κ1) is 22.9. The Balaban J connectivity index is 1.59. The number of benzene rings is 2. The van der Waals surface area contributed by atoms with E-state index in [-0.39, 0.29) is 30.1 Å². The Morgan fingerprint density at radius 2 is 1.77 bits per heavy atom. The van der Waals surface area contributed by atoms with E-state index in [4.69, 9.17) is 4.74 Å². The molecule has 0 spiro atoms. The summed E-state index contributed by atoms with van der Waals surface area (Å²) in [6.07, 6.45) is -0.429. The zero-order valence-electron chi connectivity index (χ0n) is 17.0. The molecule has 0 unspecified atom stereocenters. The van der Waals surface area contributed by atoms with Gasteiger partial charge in [-0.25, -0.2) is 12.8 Å². The average Bonchev–Trinajstić information content (AvgIpc) is 2.77. The number of rotatable bonds is 6. The van der Waals surface area contributed by atoms with Crippen LogP contribution in [0.1, 0.15) is 17.5 Å². The summed E-state index contributed by atoms with van der Waals surface area (Å²) in [7, 11) is -3.83. The van der Waals surface area contributed by atoms with E-state index in [1.54, 1.807) is 18.2 Å². The molecule has 1 aliphatic heterocycles. The van der Waals surface area contributed by atoms with Crippen molar-refractivity contribution in [2.45, 2.75) is 31.0 Å². The lowest BCUT2D eigenvalue weighted by Crippen LogP contribution is -2.53. The Bertz CT molecular complexity index is 1040. The molecule has 0 radical (unpaired) electrons. The second-order valence-corrected chi connectivity index (χ2v) is 8.98. The summed E-state index contributed by atoms with van der Waals surface area (Å²) in [5.41, 5.74) is 1.17. The van der Waals surface area contributed by atoms with Crippen molar-refractivity contribution in [3.05, 3.63) is 65.5 Å². The molecule has 31 heavy (non-hydrogen) atoms. The van der Waals surface area contributed by atoms with Crippen LogP contribution in [0.2, 0.25) is 0 Å². The molecule has 0 bridgehead atoms. The molecule has 2 aromatic carbocycles. The molecule has 1 fully saturated rings. The highest BCUT2D eigenvalue weighted by molar-refractivity contribution is 7.89. The number of sulfonamides is 1. The van der Waals surface area contributed by atoms with Gasteiger partial charge in [-0.3, -0.25) is 9.59 Å². The van der Waals surface area contributed by atoms with Gasteiger partial charge < -0.3 is 15.4 Å². The van der Waals surface area contributed by atoms with Crippen molar-refractivity contribution in [2.75, 3.05) is 19.7 Å². The van der Waals surface area contributed by atoms with Crippen molar-refractivity contribution in [3.63, 3.8) is 0 Å². The number of halogens is 1. The molecule has 1 atom stereocenters. The summed E-state index contributed by atoms with van der Waals surface area (Å²) >= 11 is 0. The summed E-state index contributed by atoms with van der Waals surface area (Å²) in [4.78, 5) is 24.3. The summed E-state index contributed by atoms with van der Waals surface area (Å²) in [5, 5.41) is 4.73. The maximum Gasteiger partial charge on any atom is 0.309 e. The molecule has 166 valence electrons. The van der Waals surface area contributed by atoms with Gasteiger partial charge >= 0.3 is 11.8 Å². The molecule has 2 aromatic rings. The summed E-state index contributed by atoms with van der Waals surface area (Å²) < 4.78 is 46.3. The van der Waals surface area contributed by atoms with Crippen molar-refractivity contribution in [1.29, 1.82) is 0 Å². The summed E-state index contributed by atoms with van der Waals surface area (Å²) in [6, 6.07) is 12.3. The van der Waals surface area contributed by atoms with Crippen LogP contribution in [0.4, 0.5) is 4.39 Å². The summed E-state index contributed by atoms with van der Waals surface area (Å²) in [6.45, 7) is 2.08. The fraction of sp³-hybridized carbons (Fsp3) is 0.333. The van der Waals surface area contributed by atoms with Gasteiger partial charge in [0, 0.05) is 18.7 Å². The summed E-state index contributed by atoms with van der Waals surface area (Å²) in [5.74, 6) is -2.40. The molecule has 0 saturated carbocycles. The first-order valence-corrected chi connectivity index (χ1v) is 11.2. The Labute approximate surface area is 180 Å². The number of hydrogen-bond acceptors (Lipinski definition) is 5. The van der Waals surface area contributed by atoms with Gasteiger partial charge in [0.1, 0.15) is 12.0 Å². The first-order chi connectivity index (χ1) is 14.8. The molecular formula is C21H24FN3O5S. The van der Waals surface area contributed by atoms with E-state index in [2.05, 4.69) is 10.6 Å². The van der Waals surface area contributed by atoms with Crippen LogP contribution in [-0.4, -0.2) is 50.5 Å². The van der Waals surface area contributed by atoms with Crippen molar-refractivity contribution in [2.24, 2.45) is 0 Å². The number of hydrogen-bond donors (Lipinski definition) is 2. The highest BCUT2D eigenvalue weighted by Gasteiger charge is 2.34. The molecule has 0 aromatic heterocycles. The topological polar surface area (TPSA) is 105 Å². The molecule has 1 aliphatic rings. The fourth-order valence-electron chi connectivity index (χ4n) is 3.11. The van der Waals surface area contributed by atoms with Gasteiger partial charge in [-0.2, -0.15) is 4.31 Å². The minimum atomic E-state index is -3.83. The number of carbonyl (C=O) groups is 2. The van der Waals surface area contributed by atoms with E-state index >= 15 is 0 Å². The van der Waals surface area contributed by atoms with Gasteiger partial charge in [0.2, 0.25) is 10.0 Å². The second kappa shape index (κ2) is 9.99. The van der Waals surface area contributed by atoms with Crippen molar-refractivity contribution in [1.82, 2.24) is 14.9 Å². The van der Waals surface area contributed by atoms with Crippen molar-refractivity contribution >= 4 is 21.8 Å². The number of amides is 2. The standard InChI is InChI=1S/C21H24FN3O5S/c1-15-7-9-17(10-8-15)31(28,29)25-11-4-12-30-19(25)14-24-21(27)20(26)23-13-16-5-2-3-6-18(16)22/h2-3,5-10,19H,4,11-14H2,1H3,(H,23,26)(H,24,27)/t19-/m0/s1. The molecule has 3 rings (SSSR count). The molecular weight excluding hydrogens is 425 g/mol. The van der Waals surface area contributed by atoms with E-state index in [9.17, 15) is 22.4 Å². The lowest BCUT2D eigenvalue weighted by atomic mass is 10.2. The van der Waals surface area contributed by atoms with E-state index in [1.165, 1.54) is 34.6 Å². The smallest absolute Gasteiger partial charge is 0.309 e. The van der Waals surface area contributed by atoms with Gasteiger partial charge in [0.05, 0.1) is 18.0 Å². The third-order valence-corrected chi connectivity index (χ3v) is 6.73. The second-order valence-electron chi connectivity index (χ2n) is 7.09. The van der Waals surface area contributed by atoms with Gasteiger partial charge in [0.25, 0.3) is 0 Å². The molecule has 1 saturated heterocycles. The van der Waals surface area contributed by atoms with Gasteiger partial charge in [-0.15, -0.1) is 0 Å². The molecule has 8 nitrogen and oxygen atoms in total. The predicted octanol–water partition coefficient (Wildman–Crippen LogP) is 1.30. The minimum absolute atomic E-state index is 0.127. The highest BCUT2D eigenvalue weighted by Crippen LogP contribution is 2.22. The van der Waals surface area contributed by atoms with Crippen LogP contribution >= 0.6 is 0 Å².